The predicted molar refractivity (Wildman–Crippen MR) is 147 cm³/mol. The lowest BCUT2D eigenvalue weighted by atomic mass is 9.97. The lowest BCUT2D eigenvalue weighted by molar-refractivity contribution is -0.138. The van der Waals surface area contributed by atoms with Crippen molar-refractivity contribution in [1.82, 2.24) is 9.88 Å². The number of hydrogen-bond donors (Lipinski definition) is 2. The van der Waals surface area contributed by atoms with Gasteiger partial charge in [0.15, 0.2) is 0 Å². The molecule has 41 heavy (non-hydrogen) atoms. The lowest BCUT2D eigenvalue weighted by Gasteiger charge is -2.23. The normalized spacial score (nSPS) is 12.4. The zero-order valence-corrected chi connectivity index (χ0v) is 23.0. The van der Waals surface area contributed by atoms with Crippen LogP contribution in [0.3, 0.4) is 0 Å². The maximum atomic E-state index is 12.8. The number of hydrogen-bond acceptors (Lipinski definition) is 6. The van der Waals surface area contributed by atoms with E-state index < -0.39 is 17.7 Å². The van der Waals surface area contributed by atoms with E-state index in [0.717, 1.165) is 28.9 Å². The number of rotatable bonds is 10. The van der Waals surface area contributed by atoms with E-state index in [9.17, 15) is 22.8 Å². The van der Waals surface area contributed by atoms with Crippen molar-refractivity contribution in [3.8, 4) is 11.6 Å². The fourth-order valence-corrected chi connectivity index (χ4v) is 4.32. The third-order valence-corrected chi connectivity index (χ3v) is 6.64. The van der Waals surface area contributed by atoms with Crippen molar-refractivity contribution in [2.75, 3.05) is 18.9 Å². The summed E-state index contributed by atoms with van der Waals surface area (Å²) in [6, 6.07) is 14.0. The molecule has 0 aliphatic rings. The fraction of sp³-hybridized carbons (Fsp3) is 0.300. The monoisotopic (exact) mass is 569 g/mol. The van der Waals surface area contributed by atoms with Gasteiger partial charge in [0.05, 0.1) is 18.0 Å². The molecule has 0 aliphatic carbocycles. The number of carboxylic acids is 1. The van der Waals surface area contributed by atoms with Crippen molar-refractivity contribution in [2.24, 2.45) is 5.92 Å². The second kappa shape index (κ2) is 11.9. The van der Waals surface area contributed by atoms with Crippen molar-refractivity contribution in [3.63, 3.8) is 0 Å². The van der Waals surface area contributed by atoms with Crippen LogP contribution in [0.2, 0.25) is 0 Å². The second-order valence-electron chi connectivity index (χ2n) is 10.0. The first kappa shape index (κ1) is 29.4. The van der Waals surface area contributed by atoms with Gasteiger partial charge < -0.3 is 24.5 Å². The highest BCUT2D eigenvalue weighted by atomic mass is 19.4. The van der Waals surface area contributed by atoms with Crippen LogP contribution in [0.25, 0.3) is 11.0 Å². The van der Waals surface area contributed by atoms with Gasteiger partial charge in [-0.2, -0.15) is 13.2 Å². The van der Waals surface area contributed by atoms with E-state index in [1.54, 1.807) is 49.5 Å². The van der Waals surface area contributed by atoms with Gasteiger partial charge in [-0.05, 0) is 61.4 Å². The molecule has 0 bridgehead atoms. The molecule has 8 nitrogen and oxygen atoms in total. The van der Waals surface area contributed by atoms with Crippen molar-refractivity contribution >= 4 is 28.5 Å². The highest BCUT2D eigenvalue weighted by Gasteiger charge is 2.31. The van der Waals surface area contributed by atoms with Crippen LogP contribution in [-0.4, -0.2) is 40.5 Å². The summed E-state index contributed by atoms with van der Waals surface area (Å²) < 4.78 is 50.4. The largest absolute Gasteiger partial charge is 0.481 e. The van der Waals surface area contributed by atoms with Gasteiger partial charge >= 0.3 is 12.1 Å². The van der Waals surface area contributed by atoms with E-state index in [4.69, 9.17) is 14.3 Å². The summed E-state index contributed by atoms with van der Waals surface area (Å²) >= 11 is 0. The first-order valence-electron chi connectivity index (χ1n) is 12.9. The van der Waals surface area contributed by atoms with Crippen LogP contribution in [0, 0.1) is 12.8 Å². The summed E-state index contributed by atoms with van der Waals surface area (Å²) in [5, 5.41) is 13.1. The molecular weight excluding hydrogens is 539 g/mol. The van der Waals surface area contributed by atoms with Crippen LogP contribution in [-0.2, 0) is 11.0 Å². The molecule has 4 rings (SSSR count). The summed E-state index contributed by atoms with van der Waals surface area (Å²) in [4.78, 5) is 28.5. The van der Waals surface area contributed by atoms with Gasteiger partial charge in [0.25, 0.3) is 5.91 Å². The van der Waals surface area contributed by atoms with E-state index in [1.165, 1.54) is 11.0 Å². The van der Waals surface area contributed by atoms with Crippen LogP contribution < -0.4 is 10.1 Å². The number of pyridine rings is 1. The third-order valence-electron chi connectivity index (χ3n) is 6.64. The molecule has 2 aromatic carbocycles. The van der Waals surface area contributed by atoms with Crippen molar-refractivity contribution in [2.45, 2.75) is 39.4 Å². The topological polar surface area (TPSA) is 105 Å². The number of alkyl halides is 3. The van der Waals surface area contributed by atoms with Crippen LogP contribution in [0.5, 0.6) is 11.6 Å². The molecule has 2 N–H and O–H groups in total. The number of carboxylic acid groups (broad SMARTS) is 1. The minimum atomic E-state index is -4.48. The number of aliphatic carboxylic acids is 1. The van der Waals surface area contributed by atoms with Crippen LogP contribution in [0.15, 0.2) is 65.2 Å². The Balaban J connectivity index is 1.51. The van der Waals surface area contributed by atoms with E-state index >= 15 is 0 Å². The fourth-order valence-electron chi connectivity index (χ4n) is 4.32. The number of carbonyl (C=O) groups is 2. The number of furan rings is 1. The van der Waals surface area contributed by atoms with E-state index in [1.807, 2.05) is 20.8 Å². The minimum absolute atomic E-state index is 0.0375. The zero-order chi connectivity index (χ0) is 29.9. The molecule has 0 saturated heterocycles. The van der Waals surface area contributed by atoms with Crippen LogP contribution in [0.4, 0.5) is 18.9 Å². The summed E-state index contributed by atoms with van der Waals surface area (Å²) in [7, 11) is 1.56. The van der Waals surface area contributed by atoms with E-state index in [0.29, 0.717) is 22.7 Å². The number of ether oxygens (including phenoxy) is 1. The Kier molecular flexibility index (Phi) is 8.55. The number of nitrogens with one attached hydrogen (secondary N) is 1. The van der Waals surface area contributed by atoms with Gasteiger partial charge in [0.2, 0.25) is 5.88 Å². The first-order chi connectivity index (χ1) is 19.3. The molecule has 0 radical (unpaired) electrons. The number of fused-ring (bicyclic) bond motifs is 1. The summed E-state index contributed by atoms with van der Waals surface area (Å²) in [6.45, 7) is 6.13. The molecular formula is C30H30F3N3O5. The molecule has 1 atom stereocenters. The molecule has 1 amide bonds. The molecule has 11 heteroatoms. The van der Waals surface area contributed by atoms with Crippen LogP contribution >= 0.6 is 0 Å². The van der Waals surface area contributed by atoms with E-state index in [-0.39, 0.29) is 36.7 Å². The van der Waals surface area contributed by atoms with Gasteiger partial charge in [-0.15, -0.1) is 0 Å². The first-order valence-corrected chi connectivity index (χ1v) is 12.9. The molecule has 0 spiro atoms. The van der Waals surface area contributed by atoms with E-state index in [2.05, 4.69) is 10.3 Å². The highest BCUT2D eigenvalue weighted by Crippen LogP contribution is 2.37. The number of anilines is 1. The third kappa shape index (κ3) is 6.97. The maximum Gasteiger partial charge on any atom is 0.417 e. The van der Waals surface area contributed by atoms with Crippen molar-refractivity contribution in [1.29, 1.82) is 0 Å². The predicted octanol–water partition coefficient (Wildman–Crippen LogP) is 7.30. The molecule has 4 aromatic rings. The van der Waals surface area contributed by atoms with Gasteiger partial charge in [0, 0.05) is 48.1 Å². The summed E-state index contributed by atoms with van der Waals surface area (Å²) in [6.07, 6.45) is -3.88. The molecule has 1 unspecified atom stereocenters. The standard InChI is InChI=1S/C30H30F3N3O5/c1-17(2)27(35-21-8-5-19(6-9-21)29(39)36(4)14-13-26(37)38)28-18(3)23-15-22(10-11-24(23)41-28)40-25-12-7-20(16-34-25)30(31,32)33/h5-12,15-17,27,35H,13-14H2,1-4H3,(H,37,38). The average Bonchev–Trinajstić information content (AvgIpc) is 3.25. The van der Waals surface area contributed by atoms with Gasteiger partial charge in [-0.3, -0.25) is 9.59 Å². The zero-order valence-electron chi connectivity index (χ0n) is 23.0. The molecule has 216 valence electrons. The number of benzene rings is 2. The summed E-state index contributed by atoms with van der Waals surface area (Å²) in [5.74, 6) is 0.0389. The number of aryl methyl sites for hydroxylation is 1. The summed E-state index contributed by atoms with van der Waals surface area (Å²) in [5.41, 5.74) is 1.87. The Bertz CT molecular complexity index is 1530. The Labute approximate surface area is 234 Å². The van der Waals surface area contributed by atoms with Gasteiger partial charge in [-0.25, -0.2) is 4.98 Å². The Morgan fingerprint density at radius 2 is 1.80 bits per heavy atom. The quantitative estimate of drug-likeness (QED) is 0.206. The number of carbonyl (C=O) groups excluding carboxylic acids is 1. The lowest BCUT2D eigenvalue weighted by Crippen LogP contribution is -2.29. The number of amides is 1. The minimum Gasteiger partial charge on any atom is -0.481 e. The molecule has 0 saturated carbocycles. The Hall–Kier alpha value is -4.54. The highest BCUT2D eigenvalue weighted by molar-refractivity contribution is 5.94. The SMILES string of the molecule is Cc1c(C(Nc2ccc(C(=O)N(C)CCC(=O)O)cc2)C(C)C)oc2ccc(Oc3ccc(C(F)(F)F)cn3)cc12. The van der Waals surface area contributed by atoms with Crippen molar-refractivity contribution in [3.05, 3.63) is 83.2 Å². The molecule has 0 aliphatic heterocycles. The maximum absolute atomic E-state index is 12.8. The number of aromatic nitrogens is 1. The number of halogens is 3. The molecule has 2 heterocycles. The Morgan fingerprint density at radius 3 is 2.39 bits per heavy atom. The second-order valence-corrected chi connectivity index (χ2v) is 10.0. The van der Waals surface area contributed by atoms with Crippen LogP contribution in [0.1, 0.15) is 53.6 Å². The Morgan fingerprint density at radius 1 is 1.10 bits per heavy atom. The van der Waals surface area contributed by atoms with Gasteiger partial charge in [0.1, 0.15) is 17.1 Å². The smallest absolute Gasteiger partial charge is 0.417 e. The average molecular weight is 570 g/mol. The van der Waals surface area contributed by atoms with Gasteiger partial charge in [-0.1, -0.05) is 13.8 Å². The van der Waals surface area contributed by atoms with Crippen molar-refractivity contribution < 1.29 is 37.0 Å². The number of nitrogens with zero attached hydrogens (tertiary/aromatic N) is 2. The molecule has 2 aromatic heterocycles. The molecule has 0 fully saturated rings.